The second-order valence-electron chi connectivity index (χ2n) is 28.9. The summed E-state index contributed by atoms with van der Waals surface area (Å²) in [6.07, 6.45) is 6.71. The minimum Gasteiger partial charge on any atom is -0.496 e. The van der Waals surface area contributed by atoms with Crippen LogP contribution in [0.2, 0.25) is 0 Å². The van der Waals surface area contributed by atoms with Crippen molar-refractivity contribution in [2.75, 3.05) is 66.6 Å². The van der Waals surface area contributed by atoms with Crippen LogP contribution >= 0.6 is 11.3 Å². The lowest BCUT2D eigenvalue weighted by Crippen LogP contribution is -2.43. The minimum atomic E-state index is -4.29. The van der Waals surface area contributed by atoms with Crippen molar-refractivity contribution in [3.05, 3.63) is 179 Å². The van der Waals surface area contributed by atoms with Crippen LogP contribution in [-0.2, 0) is 36.7 Å². The van der Waals surface area contributed by atoms with Gasteiger partial charge in [0.15, 0.2) is 10.1 Å². The highest BCUT2D eigenvalue weighted by molar-refractivity contribution is 7.90. The first kappa shape index (κ1) is 81.0. The Labute approximate surface area is 639 Å². The van der Waals surface area contributed by atoms with Crippen LogP contribution in [0, 0.1) is 29.5 Å². The zero-order chi connectivity index (χ0) is 78.9. The summed E-state index contributed by atoms with van der Waals surface area (Å²) in [4.78, 5) is 71.5. The van der Waals surface area contributed by atoms with E-state index in [-0.39, 0.29) is 78.8 Å². The van der Waals surface area contributed by atoms with Crippen molar-refractivity contribution in [2.24, 2.45) is 23.7 Å². The molecule has 10 heterocycles. The number of piperidine rings is 1. The van der Waals surface area contributed by atoms with Crippen molar-refractivity contribution in [3.8, 4) is 45.6 Å². The summed E-state index contributed by atoms with van der Waals surface area (Å²) in [6, 6.07) is 32.6. The van der Waals surface area contributed by atoms with Gasteiger partial charge in [-0.2, -0.15) is 33.2 Å². The number of methoxy groups -OCH3 is 2. The van der Waals surface area contributed by atoms with E-state index >= 15 is 0 Å². The number of pyridine rings is 6. The minimum absolute atomic E-state index is 0.0139. The predicted molar refractivity (Wildman–Crippen MR) is 417 cm³/mol. The van der Waals surface area contributed by atoms with Gasteiger partial charge in [0, 0.05) is 72.4 Å². The number of nitrogens with zero attached hydrogens (tertiary/aromatic N) is 9. The van der Waals surface area contributed by atoms with Gasteiger partial charge >= 0.3 is 0 Å². The van der Waals surface area contributed by atoms with E-state index in [0.29, 0.717) is 94.7 Å². The number of anilines is 5. The molecule has 0 spiro atoms. The molecule has 3 unspecified atom stereocenters. The molecule has 0 radical (unpaired) electrons. The van der Waals surface area contributed by atoms with Gasteiger partial charge in [0.2, 0.25) is 5.88 Å². The Hall–Kier alpha value is -10.6. The average Bonchev–Trinajstić information content (AvgIpc) is 1.77. The number of hydrogen-bond donors (Lipinski definition) is 5. The third kappa shape index (κ3) is 19.7. The molecule has 7 N–H and O–H groups in total. The lowest BCUT2D eigenvalue weighted by atomic mass is 9.94. The van der Waals surface area contributed by atoms with Gasteiger partial charge in [-0.3, -0.25) is 14.4 Å². The van der Waals surface area contributed by atoms with Crippen LogP contribution in [0.5, 0.6) is 23.1 Å². The molecule has 2 aromatic carbocycles. The van der Waals surface area contributed by atoms with E-state index < -0.39 is 53.6 Å². The van der Waals surface area contributed by atoms with Gasteiger partial charge in [-0.05, 0) is 192 Å². The second-order valence-corrected chi connectivity index (χ2v) is 34.6. The fraction of sp³-hybridized carbons (Fsp3) is 0.364. The third-order valence-electron chi connectivity index (χ3n) is 18.5. The number of halogens is 1. The molecule has 3 saturated heterocycles. The van der Waals surface area contributed by atoms with Gasteiger partial charge in [0.25, 0.3) is 47.8 Å². The number of rotatable bonds is 22. The van der Waals surface area contributed by atoms with E-state index in [9.17, 15) is 44.0 Å². The maximum atomic E-state index is 14.5. The van der Waals surface area contributed by atoms with Crippen LogP contribution in [0.15, 0.2) is 165 Å². The van der Waals surface area contributed by atoms with Gasteiger partial charge in [-0.1, -0.05) is 52.8 Å². The number of carbonyl (C=O) groups excluding carboxylic acids is 3. The number of thiophene rings is 1. The molecule has 32 heteroatoms. The molecule has 578 valence electrons. The van der Waals surface area contributed by atoms with Gasteiger partial charge in [0.1, 0.15) is 63.7 Å². The Bertz CT molecular complexity index is 5130. The number of hydrogen-bond acceptors (Lipinski definition) is 25. The highest BCUT2D eigenvalue weighted by Crippen LogP contribution is 2.43. The molecule has 27 nitrogen and oxygen atoms in total. The summed E-state index contributed by atoms with van der Waals surface area (Å²) in [6.45, 7) is 23.5. The van der Waals surface area contributed by atoms with E-state index in [4.69, 9.17) is 40.4 Å². The summed E-state index contributed by atoms with van der Waals surface area (Å²) in [5.41, 5.74) is 14.3. The monoisotopic (exact) mass is 1570 g/mol. The maximum Gasteiger partial charge on any atom is 0.281 e. The number of sulfonamides is 3. The van der Waals surface area contributed by atoms with Gasteiger partial charge in [0.05, 0.1) is 54.5 Å². The Kier molecular flexibility index (Phi) is 25.2. The fourth-order valence-corrected chi connectivity index (χ4v) is 17.1. The smallest absolute Gasteiger partial charge is 0.281 e. The van der Waals surface area contributed by atoms with E-state index in [1.807, 2.05) is 53.5 Å². The third-order valence-corrected chi connectivity index (χ3v) is 23.1. The van der Waals surface area contributed by atoms with Crippen molar-refractivity contribution < 1.29 is 63.0 Å². The topological polar surface area (TPSA) is 366 Å². The highest BCUT2D eigenvalue weighted by atomic mass is 32.2. The van der Waals surface area contributed by atoms with Crippen molar-refractivity contribution in [1.82, 2.24) is 44.1 Å². The molecular weight excluding hydrogens is 1480 g/mol. The second kappa shape index (κ2) is 33.9. The molecule has 4 atom stereocenters. The zero-order valence-electron chi connectivity index (χ0n) is 62.7. The van der Waals surface area contributed by atoms with Crippen molar-refractivity contribution in [2.45, 2.75) is 134 Å². The molecule has 12 rings (SSSR count). The first-order valence-electron chi connectivity index (χ1n) is 35.3. The molecule has 3 amide bonds. The van der Waals surface area contributed by atoms with Gasteiger partial charge in [-0.25, -0.2) is 51.9 Å². The van der Waals surface area contributed by atoms with Crippen LogP contribution in [0.4, 0.5) is 33.5 Å². The van der Waals surface area contributed by atoms with Crippen LogP contribution < -0.4 is 59.3 Å². The molecule has 7 aromatic heterocycles. The summed E-state index contributed by atoms with van der Waals surface area (Å²) < 4.78 is 121. The Morgan fingerprint density at radius 3 is 1.74 bits per heavy atom. The molecule has 9 aromatic rings. The van der Waals surface area contributed by atoms with E-state index in [0.717, 1.165) is 37.8 Å². The average molecular weight is 1570 g/mol. The van der Waals surface area contributed by atoms with E-state index in [2.05, 4.69) is 87.5 Å². The number of amides is 3. The Morgan fingerprint density at radius 2 is 1.16 bits per heavy atom. The van der Waals surface area contributed by atoms with Crippen LogP contribution in [-0.4, -0.2) is 130 Å². The molecular formula is C77H91FN14O13S4. The normalized spacial score (nSPS) is 17.4. The standard InChI is InChI=1S/C28H34FN5O4S.C26H31N5O5S.C23H26N4O4S2/c1-17(2)16-38-22-13-20(12-21(29)14-22)24-11-10-23(27(31-24)34-15-18(3)8-9-19(34)4)28(35)33-39(36,37)26-7-5-6-25(30)32-26;1-16-14-26(2,3)31(15-16)24-17(25(32)30-37(33,34)21-10-7-13-28-23(21)27)11-12-18(29-24)22-19(35-4)8-6-9-20(22)36-5;1-16-12-23(2,3)27(13-16)21-18(6-5-10-24-21)22(28)26-33(29,30)20-8-4-7-19(25-20)31-14-17-9-11-32-15-17/h5-7,10-14,17-19H,8-9,15-16H2,1-4H3,(H2,30,32)(H,33,35);6-13,16H,14-15H2,1-5H3,(H2,27,28)(H,30,32);4-11,15-16H,12-14H2,1-3H3,(H,26,28)/t;16-;/m.0./s1. The maximum absolute atomic E-state index is 14.5. The van der Waals surface area contributed by atoms with Crippen LogP contribution in [0.25, 0.3) is 22.5 Å². The van der Waals surface area contributed by atoms with Crippen molar-refractivity contribution >= 4 is 88.2 Å². The molecule has 0 aliphatic carbocycles. The number of nitrogen functional groups attached to an aromatic ring is 2. The number of ether oxygens (including phenoxy) is 4. The molecule has 3 fully saturated rings. The SMILES string of the molecule is CC(C)COc1cc(F)cc(-c2ccc(C(=O)NS(=O)(=O)c3cccc(N)n3)c(N3CC(C)CCC3C)n2)c1.CC1CN(c2ncccc2C(=O)NS(=O)(=O)c2cccc(OCc3ccsc3)n2)C(C)(C)C1.COc1cccc(OC)c1-c1ccc(C(=O)NS(=O)(=O)c2cccnc2N)c(N2C[C@@H](C)CC2(C)C)n1. The Morgan fingerprint density at radius 1 is 0.596 bits per heavy atom. The summed E-state index contributed by atoms with van der Waals surface area (Å²) >= 11 is 1.54. The van der Waals surface area contributed by atoms with E-state index in [1.54, 1.807) is 86.4 Å². The fourth-order valence-electron chi connectivity index (χ4n) is 13.5. The molecule has 0 bridgehead atoms. The predicted octanol–water partition coefficient (Wildman–Crippen LogP) is 12.0. The largest absolute Gasteiger partial charge is 0.496 e. The summed E-state index contributed by atoms with van der Waals surface area (Å²) in [5.74, 6) is 1.12. The highest BCUT2D eigenvalue weighted by Gasteiger charge is 2.42. The van der Waals surface area contributed by atoms with Gasteiger partial charge < -0.3 is 45.1 Å². The van der Waals surface area contributed by atoms with E-state index in [1.165, 1.54) is 66.9 Å². The van der Waals surface area contributed by atoms with Crippen LogP contribution in [0.3, 0.4) is 0 Å². The molecule has 3 aliphatic heterocycles. The first-order chi connectivity index (χ1) is 51.6. The van der Waals surface area contributed by atoms with Gasteiger partial charge in [-0.15, -0.1) is 0 Å². The number of benzene rings is 2. The number of aromatic nitrogens is 6. The summed E-state index contributed by atoms with van der Waals surface area (Å²) in [7, 11) is -9.67. The number of nitrogens with one attached hydrogen (secondary N) is 3. The zero-order valence-corrected chi connectivity index (χ0v) is 65.9. The lowest BCUT2D eigenvalue weighted by Gasteiger charge is -2.38. The van der Waals surface area contributed by atoms with Crippen molar-refractivity contribution in [1.29, 1.82) is 0 Å². The molecule has 0 saturated carbocycles. The van der Waals surface area contributed by atoms with Crippen LogP contribution in [0.1, 0.15) is 132 Å². The number of nitrogens with two attached hydrogens (primary N) is 2. The first-order valence-corrected chi connectivity index (χ1v) is 40.7. The lowest BCUT2D eigenvalue weighted by molar-refractivity contribution is 0.0972. The van der Waals surface area contributed by atoms with Crippen molar-refractivity contribution in [3.63, 3.8) is 0 Å². The Balaban J connectivity index is 0.000000175. The molecule has 109 heavy (non-hydrogen) atoms. The summed E-state index contributed by atoms with van der Waals surface area (Å²) in [5, 5.41) is 3.21. The molecule has 3 aliphatic rings. The quantitative estimate of drug-likeness (QED) is 0.0421. The number of carbonyl (C=O) groups is 3.